The fourth-order valence-corrected chi connectivity index (χ4v) is 3.72. The lowest BCUT2D eigenvalue weighted by atomic mass is 10.0. The maximum atomic E-state index is 12.6. The lowest BCUT2D eigenvalue weighted by Crippen LogP contribution is -2.45. The molecule has 1 aliphatic rings. The van der Waals surface area contributed by atoms with Crippen LogP contribution >= 0.6 is 0 Å². The summed E-state index contributed by atoms with van der Waals surface area (Å²) in [5.74, 6) is 1.16. The van der Waals surface area contributed by atoms with Crippen LogP contribution in [0, 0.1) is 0 Å². The van der Waals surface area contributed by atoms with Crippen LogP contribution in [0.25, 0.3) is 11.4 Å². The van der Waals surface area contributed by atoms with Crippen molar-refractivity contribution in [2.24, 2.45) is 0 Å². The molecule has 0 aliphatic carbocycles. The van der Waals surface area contributed by atoms with Gasteiger partial charge in [-0.15, -0.1) is 0 Å². The number of para-hydroxylation sites is 1. The van der Waals surface area contributed by atoms with Gasteiger partial charge in [-0.3, -0.25) is 9.78 Å². The molecule has 1 aliphatic heterocycles. The Morgan fingerprint density at radius 3 is 2.59 bits per heavy atom. The minimum atomic E-state index is 0.148. The molecule has 7 heteroatoms. The molecular formula is C22H25N5O2. The summed E-state index contributed by atoms with van der Waals surface area (Å²) in [6.45, 7) is 1.57. The van der Waals surface area contributed by atoms with Crippen LogP contribution in [0.4, 0.5) is 5.69 Å². The second-order valence-corrected chi connectivity index (χ2v) is 7.31. The topological polar surface area (TPSA) is 75.4 Å². The Hall–Kier alpha value is -3.22. The number of hydrogen-bond acceptors (Lipinski definition) is 6. The zero-order valence-corrected chi connectivity index (χ0v) is 16.6. The van der Waals surface area contributed by atoms with Gasteiger partial charge in [0.25, 0.3) is 0 Å². The van der Waals surface area contributed by atoms with E-state index in [0.717, 1.165) is 31.5 Å². The number of aromatic nitrogens is 3. The molecule has 1 amide bonds. The van der Waals surface area contributed by atoms with Crippen LogP contribution in [0.3, 0.4) is 0 Å². The number of pyridine rings is 1. The van der Waals surface area contributed by atoms with Gasteiger partial charge in [0.1, 0.15) is 0 Å². The Labute approximate surface area is 170 Å². The van der Waals surface area contributed by atoms with Gasteiger partial charge in [0.05, 0.1) is 0 Å². The van der Waals surface area contributed by atoms with Crippen molar-refractivity contribution in [3.63, 3.8) is 0 Å². The Balaban J connectivity index is 1.26. The minimum absolute atomic E-state index is 0.148. The Morgan fingerprint density at radius 1 is 1.14 bits per heavy atom. The third-order valence-electron chi connectivity index (χ3n) is 5.49. The molecular weight excluding hydrogens is 366 g/mol. The monoisotopic (exact) mass is 391 g/mol. The van der Waals surface area contributed by atoms with Crippen LogP contribution in [0.5, 0.6) is 0 Å². The highest BCUT2D eigenvalue weighted by molar-refractivity contribution is 5.76. The van der Waals surface area contributed by atoms with Crippen LogP contribution in [-0.2, 0) is 11.2 Å². The summed E-state index contributed by atoms with van der Waals surface area (Å²) in [4.78, 5) is 25.2. The van der Waals surface area contributed by atoms with Crippen LogP contribution in [-0.4, -0.2) is 52.1 Å². The number of carbonyl (C=O) groups excluding carboxylic acids is 1. The first-order chi connectivity index (χ1) is 14.2. The predicted molar refractivity (Wildman–Crippen MR) is 110 cm³/mol. The molecule has 0 N–H and O–H groups in total. The smallest absolute Gasteiger partial charge is 0.227 e. The van der Waals surface area contributed by atoms with E-state index >= 15 is 0 Å². The van der Waals surface area contributed by atoms with Crippen LogP contribution in [0.15, 0.2) is 59.4 Å². The molecule has 150 valence electrons. The first kappa shape index (κ1) is 19.1. The molecule has 1 fully saturated rings. The maximum Gasteiger partial charge on any atom is 0.227 e. The second-order valence-electron chi connectivity index (χ2n) is 7.31. The third kappa shape index (κ3) is 4.62. The molecule has 3 heterocycles. The fourth-order valence-electron chi connectivity index (χ4n) is 3.72. The molecule has 0 radical (unpaired) electrons. The number of rotatable bonds is 6. The van der Waals surface area contributed by atoms with Gasteiger partial charge in [-0.05, 0) is 37.1 Å². The Bertz CT molecular complexity index is 921. The molecule has 0 atom stereocenters. The normalized spacial score (nSPS) is 14.7. The highest BCUT2D eigenvalue weighted by atomic mass is 16.5. The van der Waals surface area contributed by atoms with Crippen molar-refractivity contribution in [3.8, 4) is 11.4 Å². The summed E-state index contributed by atoms with van der Waals surface area (Å²) in [6.07, 6.45) is 6.17. The summed E-state index contributed by atoms with van der Waals surface area (Å²) in [5.41, 5.74) is 2.07. The van der Waals surface area contributed by atoms with Gasteiger partial charge in [0.15, 0.2) is 0 Å². The van der Waals surface area contributed by atoms with Crippen molar-refractivity contribution >= 4 is 11.6 Å². The van der Waals surface area contributed by atoms with E-state index in [-0.39, 0.29) is 5.91 Å². The average Bonchev–Trinajstić information content (AvgIpc) is 3.27. The van der Waals surface area contributed by atoms with E-state index in [1.807, 2.05) is 23.1 Å². The lowest BCUT2D eigenvalue weighted by Gasteiger charge is -2.38. The lowest BCUT2D eigenvalue weighted by molar-refractivity contribution is -0.132. The number of piperidine rings is 1. The standard InChI is InChI=1S/C22H25N5O2/c1-26(18-5-3-2-4-6-18)19-11-15-27(16-12-19)21(28)8-7-20-24-22(25-29-20)17-9-13-23-14-10-17/h2-6,9-10,13-14,19H,7-8,11-12,15-16H2,1H3. The van der Waals surface area contributed by atoms with Crippen LogP contribution in [0.2, 0.25) is 0 Å². The van der Waals surface area contributed by atoms with E-state index in [2.05, 4.69) is 51.3 Å². The molecule has 1 aromatic carbocycles. The summed E-state index contributed by atoms with van der Waals surface area (Å²) in [5, 5.41) is 3.99. The van der Waals surface area contributed by atoms with Crippen LogP contribution < -0.4 is 4.90 Å². The third-order valence-corrected chi connectivity index (χ3v) is 5.49. The average molecular weight is 391 g/mol. The summed E-state index contributed by atoms with van der Waals surface area (Å²) in [6, 6.07) is 14.5. The van der Waals surface area contributed by atoms with Gasteiger partial charge >= 0.3 is 0 Å². The molecule has 29 heavy (non-hydrogen) atoms. The number of likely N-dealkylation sites (tertiary alicyclic amines) is 1. The van der Waals surface area contributed by atoms with E-state index in [1.54, 1.807) is 12.4 Å². The number of carbonyl (C=O) groups is 1. The van der Waals surface area contributed by atoms with E-state index in [0.29, 0.717) is 30.6 Å². The minimum Gasteiger partial charge on any atom is -0.371 e. The number of aryl methyl sites for hydroxylation is 1. The van der Waals surface area contributed by atoms with Gasteiger partial charge in [-0.25, -0.2) is 0 Å². The number of amides is 1. The number of anilines is 1. The zero-order valence-electron chi connectivity index (χ0n) is 16.6. The second kappa shape index (κ2) is 8.86. The molecule has 4 rings (SSSR count). The van der Waals surface area contributed by atoms with Gasteiger partial charge in [0.2, 0.25) is 17.6 Å². The summed E-state index contributed by atoms with van der Waals surface area (Å²) < 4.78 is 5.30. The first-order valence-corrected chi connectivity index (χ1v) is 9.99. The molecule has 2 aromatic heterocycles. The van der Waals surface area contributed by atoms with Crippen molar-refractivity contribution in [2.45, 2.75) is 31.7 Å². The SMILES string of the molecule is CN(c1ccccc1)C1CCN(C(=O)CCc2nc(-c3ccncc3)no2)CC1. The molecule has 0 bridgehead atoms. The van der Waals surface area contributed by atoms with Crippen molar-refractivity contribution in [1.29, 1.82) is 0 Å². The predicted octanol–water partition coefficient (Wildman–Crippen LogP) is 3.19. The van der Waals surface area contributed by atoms with Gasteiger partial charge < -0.3 is 14.3 Å². The summed E-state index contributed by atoms with van der Waals surface area (Å²) in [7, 11) is 2.13. The van der Waals surface area contributed by atoms with Gasteiger partial charge in [-0.2, -0.15) is 4.98 Å². The van der Waals surface area contributed by atoms with Crippen LogP contribution in [0.1, 0.15) is 25.2 Å². The zero-order chi connectivity index (χ0) is 20.1. The molecule has 7 nitrogen and oxygen atoms in total. The largest absolute Gasteiger partial charge is 0.371 e. The number of benzene rings is 1. The fraction of sp³-hybridized carbons (Fsp3) is 0.364. The summed E-state index contributed by atoms with van der Waals surface area (Å²) >= 11 is 0. The van der Waals surface area contributed by atoms with E-state index < -0.39 is 0 Å². The highest BCUT2D eigenvalue weighted by Gasteiger charge is 2.25. The Kier molecular flexibility index (Phi) is 5.84. The molecule has 0 unspecified atom stereocenters. The highest BCUT2D eigenvalue weighted by Crippen LogP contribution is 2.22. The van der Waals surface area contributed by atoms with Crippen molar-refractivity contribution in [3.05, 3.63) is 60.7 Å². The number of nitrogens with zero attached hydrogens (tertiary/aromatic N) is 5. The molecule has 1 saturated heterocycles. The Morgan fingerprint density at radius 2 is 1.86 bits per heavy atom. The first-order valence-electron chi connectivity index (χ1n) is 9.99. The van der Waals surface area contributed by atoms with Crippen molar-refractivity contribution < 1.29 is 9.32 Å². The van der Waals surface area contributed by atoms with E-state index in [9.17, 15) is 4.79 Å². The van der Waals surface area contributed by atoms with E-state index in [4.69, 9.17) is 4.52 Å². The molecule has 3 aromatic rings. The molecule has 0 saturated carbocycles. The quantitative estimate of drug-likeness (QED) is 0.642. The van der Waals surface area contributed by atoms with Crippen molar-refractivity contribution in [1.82, 2.24) is 20.0 Å². The van der Waals surface area contributed by atoms with Crippen molar-refractivity contribution in [2.75, 3.05) is 25.0 Å². The van der Waals surface area contributed by atoms with E-state index in [1.165, 1.54) is 5.69 Å². The van der Waals surface area contributed by atoms with Gasteiger partial charge in [0, 0.05) is 62.7 Å². The van der Waals surface area contributed by atoms with Gasteiger partial charge in [-0.1, -0.05) is 23.4 Å². The maximum absolute atomic E-state index is 12.6. The molecule has 0 spiro atoms. The number of hydrogen-bond donors (Lipinski definition) is 0.